The Bertz CT molecular complexity index is 1350. The van der Waals surface area contributed by atoms with Crippen LogP contribution in [0.15, 0.2) is 67.1 Å². The smallest absolute Gasteiger partial charge is 0.146 e. The lowest BCUT2D eigenvalue weighted by Gasteiger charge is -2.14. The van der Waals surface area contributed by atoms with Gasteiger partial charge in [-0.3, -0.25) is 4.79 Å². The van der Waals surface area contributed by atoms with E-state index in [2.05, 4.69) is 35.4 Å². The maximum atomic E-state index is 11.5. The summed E-state index contributed by atoms with van der Waals surface area (Å²) in [6.45, 7) is 6.61. The van der Waals surface area contributed by atoms with Gasteiger partial charge in [-0.15, -0.1) is 0 Å². The summed E-state index contributed by atoms with van der Waals surface area (Å²) in [5.41, 5.74) is 3.61. The first kappa shape index (κ1) is 22.3. The summed E-state index contributed by atoms with van der Waals surface area (Å²) in [7, 11) is 0. The van der Waals surface area contributed by atoms with E-state index in [4.69, 9.17) is 4.74 Å². The summed E-state index contributed by atoms with van der Waals surface area (Å²) >= 11 is 0. The van der Waals surface area contributed by atoms with E-state index in [1.807, 2.05) is 47.9 Å². The van der Waals surface area contributed by atoms with Gasteiger partial charge >= 0.3 is 0 Å². The lowest BCUT2D eigenvalue weighted by atomic mass is 10.1. The van der Waals surface area contributed by atoms with Gasteiger partial charge < -0.3 is 14.6 Å². The molecule has 1 N–H and O–H groups in total. The standard InChI is InChI=1S/C27H26N4O2/c1-18-5-4-6-22-9-10-25(12-26(18)22)33-27-11-21(7-8-23(27)13-28)16-31-17-29-14-24(31)15-30-19(2)20(3)32/h4-12,14,17,19,30H,15-16H2,1-3H3. The molecule has 0 saturated carbocycles. The number of nitriles is 1. The number of carbonyl (C=O) groups is 1. The van der Waals surface area contributed by atoms with Crippen molar-refractivity contribution in [3.8, 4) is 17.6 Å². The fourth-order valence-electron chi connectivity index (χ4n) is 3.68. The highest BCUT2D eigenvalue weighted by Crippen LogP contribution is 2.30. The second-order valence-electron chi connectivity index (χ2n) is 8.23. The molecule has 0 saturated heterocycles. The van der Waals surface area contributed by atoms with Crippen molar-refractivity contribution in [2.75, 3.05) is 0 Å². The molecule has 6 nitrogen and oxygen atoms in total. The molecule has 3 aromatic carbocycles. The summed E-state index contributed by atoms with van der Waals surface area (Å²) < 4.78 is 8.18. The number of Topliss-reactive ketones (excluding diaryl/α,β-unsaturated/α-hetero) is 1. The fourth-order valence-corrected chi connectivity index (χ4v) is 3.68. The number of hydrogen-bond donors (Lipinski definition) is 1. The quantitative estimate of drug-likeness (QED) is 0.413. The van der Waals surface area contributed by atoms with Crippen LogP contribution >= 0.6 is 0 Å². The Morgan fingerprint density at radius 3 is 2.85 bits per heavy atom. The van der Waals surface area contributed by atoms with Gasteiger partial charge in [0.05, 0.1) is 23.6 Å². The van der Waals surface area contributed by atoms with Crippen molar-refractivity contribution in [1.82, 2.24) is 14.9 Å². The van der Waals surface area contributed by atoms with Gasteiger partial charge in [0.1, 0.15) is 23.4 Å². The minimum Gasteiger partial charge on any atom is -0.456 e. The lowest BCUT2D eigenvalue weighted by Crippen LogP contribution is -2.32. The number of aryl methyl sites for hydroxylation is 1. The third kappa shape index (κ3) is 5.11. The van der Waals surface area contributed by atoms with E-state index in [1.165, 1.54) is 5.56 Å². The van der Waals surface area contributed by atoms with Crippen molar-refractivity contribution < 1.29 is 9.53 Å². The number of aromatic nitrogens is 2. The monoisotopic (exact) mass is 438 g/mol. The number of carbonyl (C=O) groups excluding carboxylic acids is 1. The summed E-state index contributed by atoms with van der Waals surface area (Å²) in [5, 5.41) is 15.1. The van der Waals surface area contributed by atoms with E-state index in [1.54, 1.807) is 25.5 Å². The molecular formula is C27H26N4O2. The highest BCUT2D eigenvalue weighted by molar-refractivity contribution is 5.86. The van der Waals surface area contributed by atoms with Gasteiger partial charge in [0, 0.05) is 19.3 Å². The number of fused-ring (bicyclic) bond motifs is 1. The Morgan fingerprint density at radius 2 is 2.06 bits per heavy atom. The lowest BCUT2D eigenvalue weighted by molar-refractivity contribution is -0.118. The van der Waals surface area contributed by atoms with Crippen molar-refractivity contribution in [1.29, 1.82) is 5.26 Å². The van der Waals surface area contributed by atoms with Crippen LogP contribution in [0.5, 0.6) is 11.5 Å². The van der Waals surface area contributed by atoms with E-state index in [0.717, 1.165) is 22.0 Å². The highest BCUT2D eigenvalue weighted by Gasteiger charge is 2.11. The van der Waals surface area contributed by atoms with Crippen molar-refractivity contribution in [3.05, 3.63) is 89.5 Å². The van der Waals surface area contributed by atoms with Gasteiger partial charge in [-0.1, -0.05) is 30.3 Å². The topological polar surface area (TPSA) is 79.9 Å². The highest BCUT2D eigenvalue weighted by atomic mass is 16.5. The number of rotatable bonds is 8. The van der Waals surface area contributed by atoms with E-state index in [9.17, 15) is 10.1 Å². The van der Waals surface area contributed by atoms with Crippen molar-refractivity contribution in [2.24, 2.45) is 0 Å². The van der Waals surface area contributed by atoms with Gasteiger partial charge in [-0.05, 0) is 66.9 Å². The Kier molecular flexibility index (Phi) is 6.53. The number of nitrogens with one attached hydrogen (secondary N) is 1. The first-order chi connectivity index (χ1) is 15.9. The molecule has 0 aliphatic heterocycles. The zero-order chi connectivity index (χ0) is 23.4. The minimum atomic E-state index is -0.214. The first-order valence-corrected chi connectivity index (χ1v) is 10.9. The van der Waals surface area contributed by atoms with Crippen LogP contribution in [-0.4, -0.2) is 21.4 Å². The largest absolute Gasteiger partial charge is 0.456 e. The number of ether oxygens (including phenoxy) is 1. The average molecular weight is 439 g/mol. The Hall–Kier alpha value is -3.95. The second-order valence-corrected chi connectivity index (χ2v) is 8.23. The van der Waals surface area contributed by atoms with Crippen LogP contribution in [0.2, 0.25) is 0 Å². The molecule has 1 heterocycles. The molecule has 1 unspecified atom stereocenters. The third-order valence-corrected chi connectivity index (χ3v) is 5.82. The Labute approximate surface area is 193 Å². The van der Waals surface area contributed by atoms with Crippen molar-refractivity contribution in [3.63, 3.8) is 0 Å². The van der Waals surface area contributed by atoms with Gasteiger partial charge in [-0.2, -0.15) is 5.26 Å². The normalized spacial score (nSPS) is 11.8. The van der Waals surface area contributed by atoms with Gasteiger partial charge in [0.15, 0.2) is 0 Å². The van der Waals surface area contributed by atoms with E-state index >= 15 is 0 Å². The van der Waals surface area contributed by atoms with Gasteiger partial charge in [-0.25, -0.2) is 4.98 Å². The van der Waals surface area contributed by atoms with Crippen LogP contribution in [0.1, 0.15) is 36.2 Å². The van der Waals surface area contributed by atoms with Crippen LogP contribution < -0.4 is 10.1 Å². The van der Waals surface area contributed by atoms with E-state index in [0.29, 0.717) is 30.2 Å². The van der Waals surface area contributed by atoms with Gasteiger partial charge in [0.2, 0.25) is 0 Å². The molecule has 33 heavy (non-hydrogen) atoms. The molecule has 6 heteroatoms. The van der Waals surface area contributed by atoms with Crippen LogP contribution in [0, 0.1) is 18.3 Å². The molecule has 4 aromatic rings. The second kappa shape index (κ2) is 9.68. The molecular weight excluding hydrogens is 412 g/mol. The third-order valence-electron chi connectivity index (χ3n) is 5.82. The van der Waals surface area contributed by atoms with Crippen LogP contribution in [0.3, 0.4) is 0 Å². The van der Waals surface area contributed by atoms with E-state index in [-0.39, 0.29) is 11.8 Å². The SMILES string of the molecule is CC(=O)C(C)NCc1cncn1Cc1ccc(C#N)c(Oc2ccc3cccc(C)c3c2)c1. The number of hydrogen-bond acceptors (Lipinski definition) is 5. The van der Waals surface area contributed by atoms with Crippen LogP contribution in [-0.2, 0) is 17.9 Å². The minimum absolute atomic E-state index is 0.0961. The van der Waals surface area contributed by atoms with Crippen LogP contribution in [0.4, 0.5) is 0 Å². The maximum Gasteiger partial charge on any atom is 0.146 e. The molecule has 0 fully saturated rings. The number of nitrogens with zero attached hydrogens (tertiary/aromatic N) is 3. The zero-order valence-electron chi connectivity index (χ0n) is 19.0. The molecule has 0 radical (unpaired) electrons. The number of ketones is 1. The fraction of sp³-hybridized carbons (Fsp3) is 0.222. The number of imidazole rings is 1. The maximum absolute atomic E-state index is 11.5. The molecule has 0 aliphatic rings. The Morgan fingerprint density at radius 1 is 1.21 bits per heavy atom. The molecule has 0 spiro atoms. The summed E-state index contributed by atoms with van der Waals surface area (Å²) in [6, 6.07) is 19.7. The predicted octanol–water partition coefficient (Wildman–Crippen LogP) is 5.12. The first-order valence-electron chi connectivity index (χ1n) is 10.9. The Balaban J connectivity index is 1.56. The molecule has 1 atom stereocenters. The molecule has 4 rings (SSSR count). The average Bonchev–Trinajstić information content (AvgIpc) is 3.25. The molecule has 1 aromatic heterocycles. The van der Waals surface area contributed by atoms with Gasteiger partial charge in [0.25, 0.3) is 0 Å². The predicted molar refractivity (Wildman–Crippen MR) is 128 cm³/mol. The summed E-state index contributed by atoms with van der Waals surface area (Å²) in [4.78, 5) is 15.7. The van der Waals surface area contributed by atoms with Crippen LogP contribution in [0.25, 0.3) is 10.8 Å². The van der Waals surface area contributed by atoms with E-state index < -0.39 is 0 Å². The molecule has 166 valence electrons. The molecule has 0 amide bonds. The molecule has 0 bridgehead atoms. The zero-order valence-corrected chi connectivity index (χ0v) is 19.0. The van der Waals surface area contributed by atoms with Crippen molar-refractivity contribution in [2.45, 2.75) is 39.9 Å². The number of benzene rings is 3. The molecule has 0 aliphatic carbocycles. The van der Waals surface area contributed by atoms with Crippen molar-refractivity contribution >= 4 is 16.6 Å². The summed E-state index contributed by atoms with van der Waals surface area (Å²) in [5.74, 6) is 1.31. The summed E-state index contributed by atoms with van der Waals surface area (Å²) in [6.07, 6.45) is 3.55.